The highest BCUT2D eigenvalue weighted by Gasteiger charge is 2.22. The third-order valence-electron chi connectivity index (χ3n) is 2.21. The van der Waals surface area contributed by atoms with Crippen LogP contribution in [-0.4, -0.2) is 11.1 Å². The highest BCUT2D eigenvalue weighted by molar-refractivity contribution is 7.13. The first-order valence-corrected chi connectivity index (χ1v) is 5.20. The molecule has 1 aromatic rings. The molecular weight excluding hydrogens is 231 g/mol. The summed E-state index contributed by atoms with van der Waals surface area (Å²) in [7, 11) is 2.19. The third kappa shape index (κ3) is 2.99. The maximum atomic E-state index is 13.3. The van der Waals surface area contributed by atoms with Crippen LogP contribution in [-0.2, 0) is 0 Å². The lowest BCUT2D eigenvalue weighted by molar-refractivity contribution is 0.137. The summed E-state index contributed by atoms with van der Waals surface area (Å²) in [6, 6.07) is 2.40. The molecule has 0 saturated heterocycles. The zero-order valence-corrected chi connectivity index (χ0v) is 9.61. The Bertz CT molecular complexity index is 405. The van der Waals surface area contributed by atoms with E-state index in [9.17, 15) is 13.9 Å². The summed E-state index contributed by atoms with van der Waals surface area (Å²) in [5.74, 6) is 1.10. The topological polar surface area (TPSA) is 32.3 Å². The molecule has 0 aliphatic heterocycles. The molecule has 0 aromatic heterocycles. The summed E-state index contributed by atoms with van der Waals surface area (Å²) in [6.07, 6.45) is 4.13. The second kappa shape index (κ2) is 5.91. The van der Waals surface area contributed by atoms with Gasteiger partial charge in [0.05, 0.1) is 12.1 Å². The van der Waals surface area contributed by atoms with Crippen molar-refractivity contribution in [3.63, 3.8) is 0 Å². The zero-order valence-electron chi connectivity index (χ0n) is 8.45. The van der Waals surface area contributed by atoms with Gasteiger partial charge in [-0.1, -0.05) is 9.39 Å². The molecule has 0 heterocycles. The van der Waals surface area contributed by atoms with Gasteiger partial charge in [0.2, 0.25) is 0 Å². The van der Waals surface area contributed by atoms with Gasteiger partial charge >= 0.3 is 0 Å². The van der Waals surface area contributed by atoms with Gasteiger partial charge in [0.15, 0.2) is 0 Å². The molecule has 0 saturated carbocycles. The average molecular weight is 243 g/mol. The molecule has 5 heteroatoms. The van der Waals surface area contributed by atoms with Crippen LogP contribution in [0, 0.1) is 24.0 Å². The molecule has 3 unspecified atom stereocenters. The van der Waals surface area contributed by atoms with E-state index in [0.717, 1.165) is 18.2 Å². The monoisotopic (exact) mass is 243 g/mol. The predicted octanol–water partition coefficient (Wildman–Crippen LogP) is 1.77. The van der Waals surface area contributed by atoms with Crippen LogP contribution in [0.4, 0.5) is 8.78 Å². The smallest absolute Gasteiger partial charge is 0.129 e. The SMILES string of the molecule is C#CCC(NP)C(O)c1cc(F)ccc1F. The van der Waals surface area contributed by atoms with Gasteiger partial charge in [-0.3, -0.25) is 5.09 Å². The van der Waals surface area contributed by atoms with Crippen LogP contribution >= 0.6 is 9.39 Å². The van der Waals surface area contributed by atoms with Gasteiger partial charge in [-0.2, -0.15) is 0 Å². The number of rotatable bonds is 4. The molecule has 0 radical (unpaired) electrons. The number of aliphatic hydroxyl groups is 1. The van der Waals surface area contributed by atoms with Crippen LogP contribution < -0.4 is 5.09 Å². The Hall–Kier alpha value is -1.01. The van der Waals surface area contributed by atoms with Crippen LogP contribution in [0.5, 0.6) is 0 Å². The molecule has 1 aromatic carbocycles. The fourth-order valence-electron chi connectivity index (χ4n) is 1.35. The van der Waals surface area contributed by atoms with Crippen molar-refractivity contribution in [3.05, 3.63) is 35.4 Å². The van der Waals surface area contributed by atoms with Crippen molar-refractivity contribution < 1.29 is 13.9 Å². The van der Waals surface area contributed by atoms with E-state index in [1.165, 1.54) is 0 Å². The molecule has 0 aliphatic carbocycles. The van der Waals surface area contributed by atoms with Gasteiger partial charge in [0.1, 0.15) is 11.6 Å². The average Bonchev–Trinajstić information content (AvgIpc) is 2.28. The van der Waals surface area contributed by atoms with E-state index in [1.807, 2.05) is 0 Å². The van der Waals surface area contributed by atoms with E-state index >= 15 is 0 Å². The Balaban J connectivity index is 2.98. The number of hydrogen-bond donors (Lipinski definition) is 2. The summed E-state index contributed by atoms with van der Waals surface area (Å²) in [5, 5.41) is 12.5. The summed E-state index contributed by atoms with van der Waals surface area (Å²) in [4.78, 5) is 0. The molecular formula is C11H12F2NOP. The molecule has 2 N–H and O–H groups in total. The maximum Gasteiger partial charge on any atom is 0.129 e. The van der Waals surface area contributed by atoms with Crippen molar-refractivity contribution >= 4 is 9.39 Å². The highest BCUT2D eigenvalue weighted by atomic mass is 31.0. The molecule has 16 heavy (non-hydrogen) atoms. The van der Waals surface area contributed by atoms with E-state index in [4.69, 9.17) is 6.42 Å². The van der Waals surface area contributed by atoms with E-state index < -0.39 is 23.8 Å². The van der Waals surface area contributed by atoms with E-state index in [2.05, 4.69) is 20.4 Å². The Morgan fingerprint density at radius 3 is 2.75 bits per heavy atom. The number of aliphatic hydroxyl groups excluding tert-OH is 1. The van der Waals surface area contributed by atoms with Crippen molar-refractivity contribution in [2.24, 2.45) is 0 Å². The fourth-order valence-corrected chi connectivity index (χ4v) is 1.65. The first kappa shape index (κ1) is 13.1. The Labute approximate surface area is 95.3 Å². The van der Waals surface area contributed by atoms with Crippen LogP contribution in [0.1, 0.15) is 18.1 Å². The Morgan fingerprint density at radius 2 is 2.19 bits per heavy atom. The van der Waals surface area contributed by atoms with E-state index in [0.29, 0.717) is 0 Å². The van der Waals surface area contributed by atoms with Crippen LogP contribution in [0.2, 0.25) is 0 Å². The second-order valence-corrected chi connectivity index (χ2v) is 3.63. The minimum absolute atomic E-state index is 0.102. The summed E-state index contributed by atoms with van der Waals surface area (Å²) >= 11 is 0. The lowest BCUT2D eigenvalue weighted by Crippen LogP contribution is -2.28. The Morgan fingerprint density at radius 1 is 1.50 bits per heavy atom. The van der Waals surface area contributed by atoms with Gasteiger partial charge in [-0.25, -0.2) is 8.78 Å². The van der Waals surface area contributed by atoms with Crippen molar-refractivity contribution in [1.29, 1.82) is 0 Å². The van der Waals surface area contributed by atoms with Crippen molar-refractivity contribution in [1.82, 2.24) is 5.09 Å². The first-order valence-electron chi connectivity index (χ1n) is 4.62. The number of halogens is 2. The van der Waals surface area contributed by atoms with Crippen LogP contribution in [0.15, 0.2) is 18.2 Å². The third-order valence-corrected chi connectivity index (χ3v) is 2.64. The molecule has 2 nitrogen and oxygen atoms in total. The van der Waals surface area contributed by atoms with Crippen molar-refractivity contribution in [2.75, 3.05) is 0 Å². The number of terminal acetylenes is 1. The normalized spacial score (nSPS) is 14.2. The minimum Gasteiger partial charge on any atom is -0.387 e. The van der Waals surface area contributed by atoms with Crippen LogP contribution in [0.25, 0.3) is 0 Å². The number of hydrogen-bond acceptors (Lipinski definition) is 2. The molecule has 0 aliphatic rings. The molecule has 0 fully saturated rings. The summed E-state index contributed by atoms with van der Waals surface area (Å²) in [6.45, 7) is 0. The molecule has 0 spiro atoms. The lowest BCUT2D eigenvalue weighted by Gasteiger charge is -2.21. The predicted molar refractivity (Wildman–Crippen MR) is 61.4 cm³/mol. The molecule has 0 amide bonds. The van der Waals surface area contributed by atoms with Crippen molar-refractivity contribution in [2.45, 2.75) is 18.6 Å². The molecule has 1 rings (SSSR count). The van der Waals surface area contributed by atoms with E-state index in [1.54, 1.807) is 0 Å². The maximum absolute atomic E-state index is 13.3. The second-order valence-electron chi connectivity index (χ2n) is 3.29. The fraction of sp³-hybridized carbons (Fsp3) is 0.273. The lowest BCUT2D eigenvalue weighted by atomic mass is 10.00. The standard InChI is InChI=1S/C11H12F2NOP/c1-2-3-10(14-16)11(15)8-6-7(12)4-5-9(8)13/h1,4-6,10-11,14-15H,3,16H2. The summed E-state index contributed by atoms with van der Waals surface area (Å²) < 4.78 is 26.3. The molecule has 86 valence electrons. The number of nitrogens with one attached hydrogen (secondary N) is 1. The quantitative estimate of drug-likeness (QED) is 0.624. The van der Waals surface area contributed by atoms with Crippen molar-refractivity contribution in [3.8, 4) is 12.3 Å². The van der Waals surface area contributed by atoms with Gasteiger partial charge in [-0.15, -0.1) is 12.3 Å². The summed E-state index contributed by atoms with van der Waals surface area (Å²) in [5.41, 5.74) is -0.102. The molecule has 3 atom stereocenters. The zero-order chi connectivity index (χ0) is 12.1. The van der Waals surface area contributed by atoms with Gasteiger partial charge in [-0.05, 0) is 18.2 Å². The van der Waals surface area contributed by atoms with Gasteiger partial charge in [0.25, 0.3) is 0 Å². The molecule has 0 bridgehead atoms. The largest absolute Gasteiger partial charge is 0.387 e. The van der Waals surface area contributed by atoms with Crippen LogP contribution in [0.3, 0.4) is 0 Å². The highest BCUT2D eigenvalue weighted by Crippen LogP contribution is 2.23. The first-order chi connectivity index (χ1) is 7.60. The Kier molecular flexibility index (Phi) is 4.82. The number of benzene rings is 1. The minimum atomic E-state index is -1.19. The van der Waals surface area contributed by atoms with Gasteiger partial charge in [0, 0.05) is 12.0 Å². The van der Waals surface area contributed by atoms with Gasteiger partial charge < -0.3 is 5.11 Å². The van der Waals surface area contributed by atoms with E-state index in [-0.39, 0.29) is 12.0 Å².